The molecule has 3 fully saturated rings. The van der Waals surface area contributed by atoms with Crippen LogP contribution >= 0.6 is 11.3 Å². The molecule has 10 nitrogen and oxygen atoms in total. The average Bonchev–Trinajstić information content (AvgIpc) is 3.55. The van der Waals surface area contributed by atoms with E-state index in [1.54, 1.807) is 29.2 Å². The van der Waals surface area contributed by atoms with Crippen LogP contribution in [0.15, 0.2) is 66.7 Å². The first-order chi connectivity index (χ1) is 22.1. The van der Waals surface area contributed by atoms with Gasteiger partial charge < -0.3 is 25.2 Å². The van der Waals surface area contributed by atoms with Gasteiger partial charge in [0.15, 0.2) is 29.8 Å². The molecule has 3 saturated heterocycles. The number of quaternary nitrogens is 1. The van der Waals surface area contributed by atoms with Crippen LogP contribution in [0.2, 0.25) is 0 Å². The number of aromatic nitrogens is 1. The number of hydrazine groups is 1. The zero-order valence-corrected chi connectivity index (χ0v) is 26.5. The highest BCUT2D eigenvalue weighted by Gasteiger charge is 2.59. The fourth-order valence-electron chi connectivity index (χ4n) is 6.93. The van der Waals surface area contributed by atoms with E-state index in [0.717, 1.165) is 26.9 Å². The summed E-state index contributed by atoms with van der Waals surface area (Å²) in [6, 6.07) is 17.3. The number of para-hydroxylation sites is 1. The Bertz CT molecular complexity index is 1720. The molecule has 3 aliphatic rings. The Morgan fingerprint density at radius 1 is 1.11 bits per heavy atom. The van der Waals surface area contributed by atoms with Gasteiger partial charge in [-0.25, -0.2) is 18.8 Å². The smallest absolute Gasteiger partial charge is 0.282 e. The molecule has 13 heteroatoms. The molecule has 0 spiro atoms. The second-order valence-electron chi connectivity index (χ2n) is 12.5. The van der Waals surface area contributed by atoms with Crippen LogP contribution in [-0.2, 0) is 29.0 Å². The topological polar surface area (TPSA) is 113 Å². The number of benzene rings is 3. The molecule has 7 rings (SSSR count). The van der Waals surface area contributed by atoms with E-state index >= 15 is 0 Å². The van der Waals surface area contributed by atoms with Crippen LogP contribution in [-0.4, -0.2) is 80.8 Å². The van der Waals surface area contributed by atoms with Gasteiger partial charge in [-0.3, -0.25) is 10.1 Å². The summed E-state index contributed by atoms with van der Waals surface area (Å²) in [6.45, 7) is 5.83. The number of nitrogens with one attached hydrogen (secondary N) is 1. The quantitative estimate of drug-likeness (QED) is 0.150. The number of hydroxylamine groups is 3. The lowest BCUT2D eigenvalue weighted by Gasteiger charge is -2.56. The number of thiazole rings is 1. The SMILES string of the molecule is CC(C)N(C1OC1NCc1ccc(F)cc1)N1CC[N+]2([O-])C(Cc3ccc(F)cc3)C(=O)N(Cc3cccc4sc(N)nc34)C[C@H]12. The molecule has 0 aliphatic carbocycles. The Kier molecular flexibility index (Phi) is 8.26. The van der Waals surface area contributed by atoms with Crippen molar-refractivity contribution in [3.05, 3.63) is 100 Å². The Morgan fingerprint density at radius 2 is 1.80 bits per heavy atom. The number of fused-ring (bicyclic) bond motifs is 2. The lowest BCUT2D eigenvalue weighted by molar-refractivity contribution is -0.919. The molecule has 4 aromatic rings. The van der Waals surface area contributed by atoms with Crippen LogP contribution in [0, 0.1) is 16.8 Å². The van der Waals surface area contributed by atoms with Crippen molar-refractivity contribution in [2.75, 3.05) is 25.4 Å². The maximum Gasteiger partial charge on any atom is 0.282 e. The number of rotatable bonds is 10. The van der Waals surface area contributed by atoms with Crippen molar-refractivity contribution in [2.45, 2.75) is 64.1 Å². The highest BCUT2D eigenvalue weighted by molar-refractivity contribution is 7.22. The van der Waals surface area contributed by atoms with Gasteiger partial charge in [-0.05, 0) is 60.9 Å². The van der Waals surface area contributed by atoms with Crippen molar-refractivity contribution >= 4 is 32.6 Å². The number of carbonyl (C=O) groups is 1. The number of anilines is 1. The predicted octanol–water partition coefficient (Wildman–Crippen LogP) is 4.16. The van der Waals surface area contributed by atoms with Crippen LogP contribution < -0.4 is 11.1 Å². The number of halogens is 2. The van der Waals surface area contributed by atoms with Crippen LogP contribution in [0.25, 0.3) is 10.2 Å². The number of piperazine rings is 1. The Balaban J connectivity index is 1.16. The van der Waals surface area contributed by atoms with Crippen LogP contribution in [0.3, 0.4) is 0 Å². The number of nitrogen functional groups attached to an aromatic ring is 1. The molecule has 4 unspecified atom stereocenters. The normalized spacial score (nSPS) is 26.4. The monoisotopic (exact) mass is 649 g/mol. The van der Waals surface area contributed by atoms with Gasteiger partial charge in [0, 0.05) is 25.6 Å². The van der Waals surface area contributed by atoms with E-state index in [0.29, 0.717) is 18.2 Å². The first-order valence-electron chi connectivity index (χ1n) is 15.5. The number of hydrogen-bond donors (Lipinski definition) is 2. The molecule has 46 heavy (non-hydrogen) atoms. The Labute approximate surface area is 270 Å². The van der Waals surface area contributed by atoms with Crippen LogP contribution in [0.4, 0.5) is 13.9 Å². The zero-order chi connectivity index (χ0) is 32.2. The number of amides is 1. The van der Waals surface area contributed by atoms with Crippen LogP contribution in [0.5, 0.6) is 0 Å². The predicted molar refractivity (Wildman–Crippen MR) is 171 cm³/mol. The lowest BCUT2D eigenvalue weighted by atomic mass is 9.99. The average molecular weight is 650 g/mol. The van der Waals surface area contributed by atoms with E-state index in [1.165, 1.54) is 35.6 Å². The van der Waals surface area contributed by atoms with Crippen molar-refractivity contribution in [3.63, 3.8) is 0 Å². The van der Waals surface area contributed by atoms with Crippen molar-refractivity contribution in [2.24, 2.45) is 0 Å². The van der Waals surface area contributed by atoms with Gasteiger partial charge in [-0.2, -0.15) is 5.01 Å². The zero-order valence-electron chi connectivity index (χ0n) is 25.7. The van der Waals surface area contributed by atoms with Gasteiger partial charge in [-0.15, -0.1) is 0 Å². The Morgan fingerprint density at radius 3 is 2.50 bits per heavy atom. The van der Waals surface area contributed by atoms with Gasteiger partial charge in [0.05, 0.1) is 29.9 Å². The van der Waals surface area contributed by atoms with E-state index in [4.69, 9.17) is 10.5 Å². The summed E-state index contributed by atoms with van der Waals surface area (Å²) >= 11 is 1.40. The third-order valence-electron chi connectivity index (χ3n) is 9.23. The number of nitrogens with two attached hydrogens (primary N) is 1. The summed E-state index contributed by atoms with van der Waals surface area (Å²) in [6.07, 6.45) is -0.959. The second kappa shape index (κ2) is 12.2. The van der Waals surface area contributed by atoms with E-state index in [1.807, 2.05) is 18.2 Å². The molecule has 5 atom stereocenters. The minimum Gasteiger partial charge on any atom is -0.631 e. The van der Waals surface area contributed by atoms with E-state index in [2.05, 4.69) is 34.2 Å². The van der Waals surface area contributed by atoms with Gasteiger partial charge in [-0.1, -0.05) is 47.7 Å². The largest absolute Gasteiger partial charge is 0.631 e. The van der Waals surface area contributed by atoms with Gasteiger partial charge in [0.25, 0.3) is 5.91 Å². The van der Waals surface area contributed by atoms with Crippen molar-refractivity contribution in [1.82, 2.24) is 25.2 Å². The molecular formula is C33H37F2N7O3S. The third kappa shape index (κ3) is 5.88. The molecule has 4 heterocycles. The number of epoxide rings is 1. The van der Waals surface area contributed by atoms with E-state index in [-0.39, 0.29) is 62.1 Å². The molecule has 242 valence electrons. The van der Waals surface area contributed by atoms with Gasteiger partial charge in [0.2, 0.25) is 0 Å². The molecule has 1 aromatic heterocycles. The highest BCUT2D eigenvalue weighted by Crippen LogP contribution is 2.40. The maximum absolute atomic E-state index is 14.9. The summed E-state index contributed by atoms with van der Waals surface area (Å²) in [4.78, 5) is 20.5. The molecule has 3 N–H and O–H groups in total. The van der Waals surface area contributed by atoms with Crippen molar-refractivity contribution in [3.8, 4) is 0 Å². The minimum atomic E-state index is -0.907. The summed E-state index contributed by atoms with van der Waals surface area (Å²) in [7, 11) is 0. The number of ether oxygens (including phenoxy) is 1. The fourth-order valence-corrected chi connectivity index (χ4v) is 7.71. The van der Waals surface area contributed by atoms with E-state index in [9.17, 15) is 18.8 Å². The maximum atomic E-state index is 14.9. The minimum absolute atomic E-state index is 0.00234. The second-order valence-corrected chi connectivity index (χ2v) is 13.6. The molecule has 0 saturated carbocycles. The van der Waals surface area contributed by atoms with Gasteiger partial charge >= 0.3 is 0 Å². The Hall–Kier alpha value is -3.56. The molecule has 1 amide bonds. The molecule has 0 radical (unpaired) electrons. The highest BCUT2D eigenvalue weighted by atomic mass is 32.1. The third-order valence-corrected chi connectivity index (χ3v) is 10.1. The summed E-state index contributed by atoms with van der Waals surface area (Å²) in [5.41, 5.74) is 9.32. The molecule has 3 aliphatic heterocycles. The van der Waals surface area contributed by atoms with E-state index < -0.39 is 16.9 Å². The number of nitrogens with zero attached hydrogens (tertiary/aromatic N) is 5. The molecule has 0 bridgehead atoms. The number of carbonyl (C=O) groups excluding carboxylic acids is 1. The molecular weight excluding hydrogens is 612 g/mol. The summed E-state index contributed by atoms with van der Waals surface area (Å²) < 4.78 is 33.5. The van der Waals surface area contributed by atoms with Crippen LogP contribution in [0.1, 0.15) is 30.5 Å². The standard InChI is InChI=1S/C33H37F2N7O3S/c1-20(2)41(32-30(45-32)37-17-22-8-12-25(35)13-9-22)40-14-15-42(44)26(16-21-6-10-24(34)11-7-21)31(43)39(19-28(40)42)18-23-4-3-5-27-29(23)38-33(36)46-27/h3-13,20,26,28,30,32,37H,14-19H2,1-2H3,(H2,36,38)/t26?,28-,30?,32?,42?/m1/s1. The summed E-state index contributed by atoms with van der Waals surface area (Å²) in [5, 5.41) is 23.0. The van der Waals surface area contributed by atoms with Crippen molar-refractivity contribution < 1.29 is 23.0 Å². The summed E-state index contributed by atoms with van der Waals surface area (Å²) in [5.74, 6) is -0.879. The molecule has 3 aromatic carbocycles. The van der Waals surface area contributed by atoms with Gasteiger partial charge in [0.1, 0.15) is 11.6 Å². The first-order valence-corrected chi connectivity index (χ1v) is 16.4. The van der Waals surface area contributed by atoms with Crippen molar-refractivity contribution in [1.29, 1.82) is 0 Å². The lowest BCUT2D eigenvalue weighted by Crippen LogP contribution is -2.72. The fraction of sp³-hybridized carbons (Fsp3) is 0.394. The number of hydrogen-bond acceptors (Lipinski definition) is 9. The first kappa shape index (κ1) is 31.1.